The second-order valence-corrected chi connectivity index (χ2v) is 5.71. The van der Waals surface area contributed by atoms with Gasteiger partial charge in [-0.1, -0.05) is 6.92 Å². The lowest BCUT2D eigenvalue weighted by molar-refractivity contribution is 0.484. The summed E-state index contributed by atoms with van der Waals surface area (Å²) in [5.74, 6) is 0.841. The molecule has 0 spiro atoms. The maximum atomic E-state index is 4.62. The third kappa shape index (κ3) is 4.36. The summed E-state index contributed by atoms with van der Waals surface area (Å²) >= 11 is 0. The van der Waals surface area contributed by atoms with E-state index in [2.05, 4.69) is 47.2 Å². The molecule has 2 heterocycles. The van der Waals surface area contributed by atoms with Crippen molar-refractivity contribution in [3.8, 4) is 0 Å². The predicted molar refractivity (Wildman–Crippen MR) is 84.1 cm³/mol. The highest BCUT2D eigenvalue weighted by molar-refractivity contribution is 5.09. The Kier molecular flexibility index (Phi) is 5.44. The largest absolute Gasteiger partial charge is 0.307 e. The second-order valence-electron chi connectivity index (χ2n) is 5.71. The van der Waals surface area contributed by atoms with E-state index in [-0.39, 0.29) is 6.04 Å². The summed E-state index contributed by atoms with van der Waals surface area (Å²) in [4.78, 5) is 8.92. The molecule has 2 rings (SSSR count). The quantitative estimate of drug-likeness (QED) is 0.851. The Hall–Kier alpha value is -1.75. The van der Waals surface area contributed by atoms with Crippen LogP contribution in [0.2, 0.25) is 0 Å². The van der Waals surface area contributed by atoms with Crippen molar-refractivity contribution in [1.29, 1.82) is 0 Å². The fraction of sp³-hybridized carbons (Fsp3) is 0.562. The Balaban J connectivity index is 2.13. The van der Waals surface area contributed by atoms with E-state index in [0.29, 0.717) is 6.04 Å². The van der Waals surface area contributed by atoms with Crippen LogP contribution in [0.3, 0.4) is 0 Å². The van der Waals surface area contributed by atoms with Crippen molar-refractivity contribution in [2.45, 2.75) is 52.6 Å². The number of hydrogen-bond acceptors (Lipinski definition) is 4. The number of rotatable bonds is 7. The molecule has 2 aromatic heterocycles. The van der Waals surface area contributed by atoms with Gasteiger partial charge in [-0.3, -0.25) is 4.68 Å². The minimum Gasteiger partial charge on any atom is -0.307 e. The summed E-state index contributed by atoms with van der Waals surface area (Å²) in [5.41, 5.74) is 2.15. The van der Waals surface area contributed by atoms with Crippen LogP contribution < -0.4 is 5.32 Å². The molecule has 5 nitrogen and oxygen atoms in total. The molecule has 0 saturated carbocycles. The van der Waals surface area contributed by atoms with E-state index in [4.69, 9.17) is 0 Å². The van der Waals surface area contributed by atoms with Crippen molar-refractivity contribution in [1.82, 2.24) is 25.1 Å². The third-order valence-electron chi connectivity index (χ3n) is 3.36. The molecule has 0 aromatic carbocycles. The van der Waals surface area contributed by atoms with Gasteiger partial charge < -0.3 is 5.32 Å². The van der Waals surface area contributed by atoms with Gasteiger partial charge in [0.05, 0.1) is 11.7 Å². The molecular weight excluding hydrogens is 262 g/mol. The van der Waals surface area contributed by atoms with Crippen LogP contribution in [0, 0.1) is 6.92 Å². The van der Waals surface area contributed by atoms with Gasteiger partial charge in [0.1, 0.15) is 5.82 Å². The molecule has 0 bridgehead atoms. The fourth-order valence-corrected chi connectivity index (χ4v) is 2.14. The van der Waals surface area contributed by atoms with Crippen molar-refractivity contribution < 1.29 is 0 Å². The first-order chi connectivity index (χ1) is 10.1. The summed E-state index contributed by atoms with van der Waals surface area (Å²) in [5, 5.41) is 8.14. The Morgan fingerprint density at radius 2 is 1.95 bits per heavy atom. The van der Waals surface area contributed by atoms with E-state index in [1.165, 1.54) is 0 Å². The molecule has 0 fully saturated rings. The van der Waals surface area contributed by atoms with E-state index in [1.807, 2.05) is 30.2 Å². The molecule has 1 N–H and O–H groups in total. The first kappa shape index (κ1) is 15.6. The monoisotopic (exact) mass is 287 g/mol. The van der Waals surface area contributed by atoms with Gasteiger partial charge in [-0.15, -0.1) is 0 Å². The summed E-state index contributed by atoms with van der Waals surface area (Å²) in [6.07, 6.45) is 7.67. The summed E-state index contributed by atoms with van der Waals surface area (Å²) in [6, 6.07) is 2.58. The highest BCUT2D eigenvalue weighted by Crippen LogP contribution is 2.15. The lowest BCUT2D eigenvalue weighted by Crippen LogP contribution is -2.26. The number of nitrogens with zero attached hydrogens (tertiary/aromatic N) is 4. The van der Waals surface area contributed by atoms with Gasteiger partial charge in [0.15, 0.2) is 0 Å². The van der Waals surface area contributed by atoms with Gasteiger partial charge >= 0.3 is 0 Å². The van der Waals surface area contributed by atoms with Crippen molar-refractivity contribution in [2.75, 3.05) is 6.54 Å². The molecule has 1 atom stereocenters. The van der Waals surface area contributed by atoms with Crippen LogP contribution in [0.15, 0.2) is 24.7 Å². The normalized spacial score (nSPS) is 12.8. The van der Waals surface area contributed by atoms with Crippen molar-refractivity contribution >= 4 is 0 Å². The summed E-state index contributed by atoms with van der Waals surface area (Å²) < 4.78 is 1.99. The van der Waals surface area contributed by atoms with Crippen molar-refractivity contribution in [3.63, 3.8) is 0 Å². The Morgan fingerprint density at radius 1 is 1.24 bits per heavy atom. The second kappa shape index (κ2) is 7.31. The van der Waals surface area contributed by atoms with Gasteiger partial charge in [-0.25, -0.2) is 9.97 Å². The molecule has 1 unspecified atom stereocenters. The van der Waals surface area contributed by atoms with Gasteiger partial charge in [0.25, 0.3) is 0 Å². The molecule has 2 aromatic rings. The number of aryl methyl sites for hydroxylation is 1. The summed E-state index contributed by atoms with van der Waals surface area (Å²) in [6.45, 7) is 9.38. The summed E-state index contributed by atoms with van der Waals surface area (Å²) in [7, 11) is 0. The van der Waals surface area contributed by atoms with E-state index in [9.17, 15) is 0 Å². The zero-order valence-electron chi connectivity index (χ0n) is 13.4. The van der Waals surface area contributed by atoms with E-state index < -0.39 is 0 Å². The lowest BCUT2D eigenvalue weighted by Gasteiger charge is -2.16. The van der Waals surface area contributed by atoms with Crippen LogP contribution in [-0.4, -0.2) is 26.3 Å². The Labute approximate surface area is 126 Å². The SMILES string of the molecule is CCCNC(Cc1ccn(C(C)C)n1)c1ncc(C)cn1. The van der Waals surface area contributed by atoms with E-state index in [1.54, 1.807) is 0 Å². The molecular formula is C16H25N5. The first-order valence-electron chi connectivity index (χ1n) is 7.66. The lowest BCUT2D eigenvalue weighted by atomic mass is 10.1. The maximum absolute atomic E-state index is 4.62. The number of nitrogens with one attached hydrogen (secondary N) is 1. The van der Waals surface area contributed by atoms with Gasteiger partial charge in [-0.05, 0) is 45.4 Å². The molecule has 21 heavy (non-hydrogen) atoms. The molecule has 5 heteroatoms. The van der Waals surface area contributed by atoms with Crippen LogP contribution in [-0.2, 0) is 6.42 Å². The van der Waals surface area contributed by atoms with Gasteiger partial charge in [0, 0.05) is 31.1 Å². The molecule has 114 valence electrons. The van der Waals surface area contributed by atoms with Crippen LogP contribution in [0.1, 0.15) is 56.4 Å². The average Bonchev–Trinajstić information content (AvgIpc) is 2.93. The predicted octanol–water partition coefficient (Wildman–Crippen LogP) is 2.85. The average molecular weight is 287 g/mol. The molecule has 0 saturated heterocycles. The number of hydrogen-bond donors (Lipinski definition) is 1. The Bertz CT molecular complexity index is 544. The molecule has 0 aliphatic rings. The number of aromatic nitrogens is 4. The van der Waals surface area contributed by atoms with Crippen LogP contribution >= 0.6 is 0 Å². The van der Waals surface area contributed by atoms with Crippen LogP contribution in [0.5, 0.6) is 0 Å². The fourth-order valence-electron chi connectivity index (χ4n) is 2.14. The standard InChI is InChI=1S/C16H25N5/c1-5-7-17-15(16-18-10-13(4)11-19-16)9-14-6-8-21(20-14)12(2)3/h6,8,10-12,15,17H,5,7,9H2,1-4H3. The molecule has 0 radical (unpaired) electrons. The van der Waals surface area contributed by atoms with E-state index in [0.717, 1.165) is 36.5 Å². The molecule has 0 aliphatic carbocycles. The van der Waals surface area contributed by atoms with Crippen molar-refractivity contribution in [3.05, 3.63) is 41.7 Å². The van der Waals surface area contributed by atoms with E-state index >= 15 is 0 Å². The smallest absolute Gasteiger partial charge is 0.145 e. The van der Waals surface area contributed by atoms with Gasteiger partial charge in [0.2, 0.25) is 0 Å². The Morgan fingerprint density at radius 3 is 2.52 bits per heavy atom. The minimum atomic E-state index is 0.112. The molecule has 0 aliphatic heterocycles. The third-order valence-corrected chi connectivity index (χ3v) is 3.36. The highest BCUT2D eigenvalue weighted by atomic mass is 15.3. The van der Waals surface area contributed by atoms with Crippen molar-refractivity contribution in [2.24, 2.45) is 0 Å². The molecule has 0 amide bonds. The zero-order chi connectivity index (χ0) is 15.2. The first-order valence-corrected chi connectivity index (χ1v) is 7.66. The maximum Gasteiger partial charge on any atom is 0.145 e. The zero-order valence-corrected chi connectivity index (χ0v) is 13.4. The topological polar surface area (TPSA) is 55.6 Å². The van der Waals surface area contributed by atoms with Gasteiger partial charge in [-0.2, -0.15) is 5.10 Å². The highest BCUT2D eigenvalue weighted by Gasteiger charge is 2.16. The van der Waals surface area contributed by atoms with Crippen LogP contribution in [0.4, 0.5) is 0 Å². The van der Waals surface area contributed by atoms with Crippen LogP contribution in [0.25, 0.3) is 0 Å². The minimum absolute atomic E-state index is 0.112.